The maximum absolute atomic E-state index is 12.8. The van der Waals surface area contributed by atoms with Gasteiger partial charge in [0.05, 0.1) is 6.61 Å². The van der Waals surface area contributed by atoms with Gasteiger partial charge in [0.1, 0.15) is 5.82 Å². The number of hydrogen-bond donors (Lipinski definition) is 2. The van der Waals surface area contributed by atoms with E-state index in [1.165, 1.54) is 12.1 Å². The lowest BCUT2D eigenvalue weighted by atomic mass is 10.1. The van der Waals surface area contributed by atoms with Crippen LogP contribution in [0.25, 0.3) is 17.0 Å². The molecule has 14 heavy (non-hydrogen) atoms. The number of rotatable bonds is 2. The van der Waals surface area contributed by atoms with Crippen molar-refractivity contribution in [1.29, 1.82) is 0 Å². The molecule has 2 aromatic rings. The van der Waals surface area contributed by atoms with Crippen molar-refractivity contribution in [1.82, 2.24) is 4.98 Å². The molecule has 3 heteroatoms. The summed E-state index contributed by atoms with van der Waals surface area (Å²) in [6, 6.07) is 4.59. The summed E-state index contributed by atoms with van der Waals surface area (Å²) in [5, 5.41) is 9.58. The van der Waals surface area contributed by atoms with Gasteiger partial charge in [0.2, 0.25) is 0 Å². The molecule has 0 atom stereocenters. The van der Waals surface area contributed by atoms with E-state index in [1.807, 2.05) is 0 Å². The number of aromatic amines is 1. The zero-order valence-corrected chi connectivity index (χ0v) is 7.50. The first-order chi connectivity index (χ1) is 6.81. The highest BCUT2D eigenvalue weighted by Crippen LogP contribution is 2.20. The molecule has 1 aromatic carbocycles. The number of hydrogen-bond acceptors (Lipinski definition) is 1. The van der Waals surface area contributed by atoms with Gasteiger partial charge in [-0.3, -0.25) is 0 Å². The van der Waals surface area contributed by atoms with Gasteiger partial charge in [-0.1, -0.05) is 12.2 Å². The van der Waals surface area contributed by atoms with E-state index in [4.69, 9.17) is 5.11 Å². The summed E-state index contributed by atoms with van der Waals surface area (Å²) in [7, 11) is 0. The number of halogens is 1. The molecule has 0 spiro atoms. The normalized spacial score (nSPS) is 11.6. The van der Waals surface area contributed by atoms with Crippen molar-refractivity contribution >= 4 is 17.0 Å². The van der Waals surface area contributed by atoms with Crippen LogP contribution in [-0.4, -0.2) is 16.7 Å². The molecule has 0 radical (unpaired) electrons. The van der Waals surface area contributed by atoms with E-state index in [-0.39, 0.29) is 12.4 Å². The molecule has 0 aliphatic rings. The van der Waals surface area contributed by atoms with E-state index in [2.05, 4.69) is 4.98 Å². The second kappa shape index (κ2) is 3.64. The number of aliphatic hydroxyl groups is 1. The van der Waals surface area contributed by atoms with E-state index < -0.39 is 0 Å². The third kappa shape index (κ3) is 1.54. The molecule has 0 saturated carbocycles. The van der Waals surface area contributed by atoms with Crippen LogP contribution >= 0.6 is 0 Å². The van der Waals surface area contributed by atoms with Crippen molar-refractivity contribution < 1.29 is 9.50 Å². The zero-order valence-electron chi connectivity index (χ0n) is 7.50. The minimum atomic E-state index is -0.253. The molecular formula is C11H10FNO. The van der Waals surface area contributed by atoms with Crippen LogP contribution in [0.4, 0.5) is 4.39 Å². The maximum Gasteiger partial charge on any atom is 0.125 e. The van der Waals surface area contributed by atoms with Crippen molar-refractivity contribution in [3.05, 3.63) is 41.9 Å². The SMILES string of the molecule is OCC=Cc1c[nH]c2cc(F)ccc12. The molecule has 0 saturated heterocycles. The third-order valence-corrected chi connectivity index (χ3v) is 2.08. The second-order valence-electron chi connectivity index (χ2n) is 3.02. The summed E-state index contributed by atoms with van der Waals surface area (Å²) >= 11 is 0. The number of H-pyrrole nitrogens is 1. The topological polar surface area (TPSA) is 36.0 Å². The van der Waals surface area contributed by atoms with E-state index in [1.54, 1.807) is 24.4 Å². The first-order valence-corrected chi connectivity index (χ1v) is 4.35. The van der Waals surface area contributed by atoms with Gasteiger partial charge in [0, 0.05) is 17.1 Å². The Bertz CT molecular complexity index is 473. The van der Waals surface area contributed by atoms with Gasteiger partial charge in [-0.2, -0.15) is 0 Å². The second-order valence-corrected chi connectivity index (χ2v) is 3.02. The van der Waals surface area contributed by atoms with Gasteiger partial charge in [-0.25, -0.2) is 4.39 Å². The molecule has 0 amide bonds. The van der Waals surface area contributed by atoms with E-state index in [0.29, 0.717) is 0 Å². The standard InChI is InChI=1S/C11H10FNO/c12-9-3-4-10-8(2-1-5-14)7-13-11(10)6-9/h1-4,6-7,13-14H,5H2. The summed E-state index contributed by atoms with van der Waals surface area (Å²) in [5.74, 6) is -0.253. The molecule has 1 heterocycles. The fraction of sp³-hybridized carbons (Fsp3) is 0.0909. The molecule has 1 aromatic heterocycles. The van der Waals surface area contributed by atoms with E-state index in [9.17, 15) is 4.39 Å². The number of fused-ring (bicyclic) bond motifs is 1. The summed E-state index contributed by atoms with van der Waals surface area (Å²) in [4.78, 5) is 2.97. The Kier molecular flexibility index (Phi) is 2.33. The Labute approximate surface area is 80.7 Å². The lowest BCUT2D eigenvalue weighted by molar-refractivity contribution is 0.343. The third-order valence-electron chi connectivity index (χ3n) is 2.08. The first kappa shape index (κ1) is 8.97. The molecule has 0 bridgehead atoms. The van der Waals surface area contributed by atoms with Crippen LogP contribution in [0.3, 0.4) is 0 Å². The Morgan fingerprint density at radius 3 is 3.07 bits per heavy atom. The van der Waals surface area contributed by atoms with E-state index in [0.717, 1.165) is 16.5 Å². The molecule has 0 aliphatic carbocycles. The Morgan fingerprint density at radius 1 is 1.43 bits per heavy atom. The number of aromatic nitrogens is 1. The molecule has 2 rings (SSSR count). The molecule has 0 aliphatic heterocycles. The summed E-state index contributed by atoms with van der Waals surface area (Å²) in [6.07, 6.45) is 5.24. The van der Waals surface area contributed by atoms with Crippen LogP contribution < -0.4 is 0 Å². The van der Waals surface area contributed by atoms with Crippen LogP contribution in [0.2, 0.25) is 0 Å². The van der Waals surface area contributed by atoms with Gasteiger partial charge in [-0.15, -0.1) is 0 Å². The zero-order chi connectivity index (χ0) is 9.97. The average Bonchev–Trinajstić information content (AvgIpc) is 2.57. The van der Waals surface area contributed by atoms with Crippen molar-refractivity contribution in [2.24, 2.45) is 0 Å². The number of aliphatic hydroxyl groups excluding tert-OH is 1. The average molecular weight is 191 g/mol. The predicted octanol–water partition coefficient (Wildman–Crippen LogP) is 2.31. The van der Waals surface area contributed by atoms with Crippen LogP contribution in [0.1, 0.15) is 5.56 Å². The maximum atomic E-state index is 12.8. The van der Waals surface area contributed by atoms with Crippen LogP contribution in [-0.2, 0) is 0 Å². The number of nitrogens with one attached hydrogen (secondary N) is 1. The Hall–Kier alpha value is -1.61. The van der Waals surface area contributed by atoms with Gasteiger partial charge in [0.25, 0.3) is 0 Å². The smallest absolute Gasteiger partial charge is 0.125 e. The summed E-state index contributed by atoms with van der Waals surface area (Å²) in [6.45, 7) is 0.00781. The summed E-state index contributed by atoms with van der Waals surface area (Å²) in [5.41, 5.74) is 1.72. The predicted molar refractivity (Wildman–Crippen MR) is 54.4 cm³/mol. The van der Waals surface area contributed by atoms with Gasteiger partial charge in [-0.05, 0) is 23.8 Å². The quantitative estimate of drug-likeness (QED) is 0.750. The van der Waals surface area contributed by atoms with Crippen LogP contribution in [0.5, 0.6) is 0 Å². The number of benzene rings is 1. The lowest BCUT2D eigenvalue weighted by Crippen LogP contribution is -1.74. The highest BCUT2D eigenvalue weighted by Gasteiger charge is 2.00. The Morgan fingerprint density at radius 2 is 2.29 bits per heavy atom. The highest BCUT2D eigenvalue weighted by atomic mass is 19.1. The molecule has 72 valence electrons. The minimum absolute atomic E-state index is 0.00781. The molecule has 2 nitrogen and oxygen atoms in total. The Balaban J connectivity index is 2.53. The van der Waals surface area contributed by atoms with Crippen LogP contribution in [0.15, 0.2) is 30.5 Å². The molecular weight excluding hydrogens is 181 g/mol. The highest BCUT2D eigenvalue weighted by molar-refractivity contribution is 5.88. The largest absolute Gasteiger partial charge is 0.392 e. The van der Waals surface area contributed by atoms with Gasteiger partial charge < -0.3 is 10.1 Å². The lowest BCUT2D eigenvalue weighted by Gasteiger charge is -1.91. The fourth-order valence-corrected chi connectivity index (χ4v) is 1.44. The fourth-order valence-electron chi connectivity index (χ4n) is 1.44. The van der Waals surface area contributed by atoms with E-state index >= 15 is 0 Å². The monoisotopic (exact) mass is 191 g/mol. The minimum Gasteiger partial charge on any atom is -0.392 e. The molecule has 0 unspecified atom stereocenters. The van der Waals surface area contributed by atoms with Crippen molar-refractivity contribution in [2.75, 3.05) is 6.61 Å². The van der Waals surface area contributed by atoms with Crippen molar-refractivity contribution in [2.45, 2.75) is 0 Å². The van der Waals surface area contributed by atoms with Gasteiger partial charge in [0.15, 0.2) is 0 Å². The van der Waals surface area contributed by atoms with Gasteiger partial charge >= 0.3 is 0 Å². The molecule has 0 fully saturated rings. The summed E-state index contributed by atoms with van der Waals surface area (Å²) < 4.78 is 12.8. The van der Waals surface area contributed by atoms with Crippen molar-refractivity contribution in [3.63, 3.8) is 0 Å². The first-order valence-electron chi connectivity index (χ1n) is 4.35. The van der Waals surface area contributed by atoms with Crippen LogP contribution in [0, 0.1) is 5.82 Å². The molecule has 2 N–H and O–H groups in total. The van der Waals surface area contributed by atoms with Crippen molar-refractivity contribution in [3.8, 4) is 0 Å².